The van der Waals surface area contributed by atoms with E-state index in [0.717, 1.165) is 0 Å². The minimum atomic E-state index is -0.563. The van der Waals surface area contributed by atoms with Gasteiger partial charge in [0, 0.05) is 5.38 Å². The van der Waals surface area contributed by atoms with Crippen LogP contribution in [-0.4, -0.2) is 30.1 Å². The summed E-state index contributed by atoms with van der Waals surface area (Å²) in [5.41, 5.74) is 0.668. The molecule has 1 N–H and O–H groups in total. The second-order valence-corrected chi connectivity index (χ2v) is 5.83. The SMILES string of the molecule is CCOC(=O)CC(=O)Nc1nc([C@@H]2COc3ccccc3O2)cs1. The number of anilines is 1. The Labute approximate surface area is 142 Å². The second-order valence-electron chi connectivity index (χ2n) is 4.97. The number of nitrogens with one attached hydrogen (secondary N) is 1. The van der Waals surface area contributed by atoms with Gasteiger partial charge in [0.2, 0.25) is 5.91 Å². The maximum atomic E-state index is 11.7. The number of hydrogen-bond acceptors (Lipinski definition) is 7. The molecule has 0 fully saturated rings. The lowest BCUT2D eigenvalue weighted by atomic mass is 10.2. The molecule has 0 saturated carbocycles. The summed E-state index contributed by atoms with van der Waals surface area (Å²) in [6.07, 6.45) is -0.675. The van der Waals surface area contributed by atoms with Crippen LogP contribution in [-0.2, 0) is 14.3 Å². The van der Waals surface area contributed by atoms with Crippen molar-refractivity contribution < 1.29 is 23.8 Å². The molecule has 2 aromatic rings. The predicted octanol–water partition coefficient (Wildman–Crippen LogP) is 2.55. The summed E-state index contributed by atoms with van der Waals surface area (Å²) in [7, 11) is 0. The molecule has 0 radical (unpaired) electrons. The van der Waals surface area contributed by atoms with Crippen molar-refractivity contribution in [1.82, 2.24) is 4.98 Å². The maximum Gasteiger partial charge on any atom is 0.315 e. The highest BCUT2D eigenvalue weighted by molar-refractivity contribution is 7.13. The van der Waals surface area contributed by atoms with Crippen molar-refractivity contribution in [3.05, 3.63) is 35.3 Å². The fraction of sp³-hybridized carbons (Fsp3) is 0.312. The summed E-state index contributed by atoms with van der Waals surface area (Å²) in [6, 6.07) is 7.42. The molecule has 0 saturated heterocycles. The minimum Gasteiger partial charge on any atom is -0.485 e. The third kappa shape index (κ3) is 3.83. The van der Waals surface area contributed by atoms with E-state index in [-0.39, 0.29) is 19.1 Å². The standard InChI is InChI=1S/C16H16N2O5S/c1-2-21-15(20)7-14(19)18-16-17-10(9-24-16)13-8-22-11-5-3-4-6-12(11)23-13/h3-6,9,13H,2,7-8H2,1H3,(H,17,18,19)/t13-/m0/s1. The highest BCUT2D eigenvalue weighted by Crippen LogP contribution is 2.36. The summed E-state index contributed by atoms with van der Waals surface area (Å²) >= 11 is 1.26. The molecule has 1 aromatic carbocycles. The van der Waals surface area contributed by atoms with E-state index in [2.05, 4.69) is 10.3 Å². The van der Waals surface area contributed by atoms with Crippen LogP contribution in [0.1, 0.15) is 25.1 Å². The maximum absolute atomic E-state index is 11.7. The monoisotopic (exact) mass is 348 g/mol. The molecule has 0 bridgehead atoms. The Morgan fingerprint density at radius 1 is 1.38 bits per heavy atom. The molecular formula is C16H16N2O5S. The smallest absolute Gasteiger partial charge is 0.315 e. The summed E-state index contributed by atoms with van der Waals surface area (Å²) in [6.45, 7) is 2.28. The number of rotatable bonds is 5. The van der Waals surface area contributed by atoms with Gasteiger partial charge in [0.25, 0.3) is 0 Å². The average molecular weight is 348 g/mol. The summed E-state index contributed by atoms with van der Waals surface area (Å²) in [5.74, 6) is 0.342. The van der Waals surface area contributed by atoms with Crippen molar-refractivity contribution >= 4 is 28.3 Å². The van der Waals surface area contributed by atoms with E-state index in [0.29, 0.717) is 28.9 Å². The Hall–Kier alpha value is -2.61. The van der Waals surface area contributed by atoms with Gasteiger partial charge in [-0.3, -0.25) is 9.59 Å². The molecule has 1 amide bonds. The van der Waals surface area contributed by atoms with Gasteiger partial charge in [0.05, 0.1) is 12.3 Å². The fourth-order valence-corrected chi connectivity index (χ4v) is 2.93. The van der Waals surface area contributed by atoms with Crippen LogP contribution in [0.5, 0.6) is 11.5 Å². The van der Waals surface area contributed by atoms with Crippen molar-refractivity contribution in [2.24, 2.45) is 0 Å². The number of nitrogens with zero attached hydrogens (tertiary/aromatic N) is 1. The van der Waals surface area contributed by atoms with Gasteiger partial charge in [-0.05, 0) is 19.1 Å². The zero-order chi connectivity index (χ0) is 16.9. The summed E-state index contributed by atoms with van der Waals surface area (Å²) < 4.78 is 16.2. The van der Waals surface area contributed by atoms with Crippen LogP contribution in [0.2, 0.25) is 0 Å². The first-order chi connectivity index (χ1) is 11.7. The van der Waals surface area contributed by atoms with E-state index >= 15 is 0 Å². The number of aromatic nitrogens is 1. The molecule has 126 valence electrons. The van der Waals surface area contributed by atoms with Crippen LogP contribution in [0.15, 0.2) is 29.6 Å². The molecular weight excluding hydrogens is 332 g/mol. The second kappa shape index (κ2) is 7.31. The Balaban J connectivity index is 1.60. The van der Waals surface area contributed by atoms with E-state index in [1.54, 1.807) is 12.3 Å². The highest BCUT2D eigenvalue weighted by Gasteiger charge is 2.24. The van der Waals surface area contributed by atoms with Gasteiger partial charge >= 0.3 is 5.97 Å². The number of thiazole rings is 1. The molecule has 8 heteroatoms. The molecule has 24 heavy (non-hydrogen) atoms. The first kappa shape index (κ1) is 16.3. The molecule has 0 unspecified atom stereocenters. The Bertz CT molecular complexity index is 746. The number of benzene rings is 1. The van der Waals surface area contributed by atoms with E-state index in [9.17, 15) is 9.59 Å². The number of para-hydroxylation sites is 2. The number of hydrogen-bond donors (Lipinski definition) is 1. The number of carbonyl (C=O) groups is 2. The normalized spacial score (nSPS) is 15.6. The lowest BCUT2D eigenvalue weighted by molar-refractivity contribution is -0.145. The zero-order valence-corrected chi connectivity index (χ0v) is 13.8. The summed E-state index contributed by atoms with van der Waals surface area (Å²) in [4.78, 5) is 27.4. The van der Waals surface area contributed by atoms with Gasteiger partial charge < -0.3 is 19.5 Å². The molecule has 3 rings (SSSR count). The molecule has 2 heterocycles. The van der Waals surface area contributed by atoms with Crippen LogP contribution in [0.4, 0.5) is 5.13 Å². The van der Waals surface area contributed by atoms with Crippen LogP contribution in [0.3, 0.4) is 0 Å². The topological polar surface area (TPSA) is 86.8 Å². The Morgan fingerprint density at radius 3 is 2.96 bits per heavy atom. The van der Waals surface area contributed by atoms with Crippen molar-refractivity contribution in [3.63, 3.8) is 0 Å². The molecule has 1 aliphatic heterocycles. The largest absolute Gasteiger partial charge is 0.485 e. The predicted molar refractivity (Wildman–Crippen MR) is 87.3 cm³/mol. The van der Waals surface area contributed by atoms with Gasteiger partial charge in [0.1, 0.15) is 13.0 Å². The number of carbonyl (C=O) groups excluding carboxylic acids is 2. The van der Waals surface area contributed by atoms with E-state index in [1.807, 2.05) is 24.3 Å². The van der Waals surface area contributed by atoms with Gasteiger partial charge in [-0.2, -0.15) is 0 Å². The molecule has 7 nitrogen and oxygen atoms in total. The Kier molecular flexibility index (Phi) is 4.95. The average Bonchev–Trinajstić information content (AvgIpc) is 3.02. The van der Waals surface area contributed by atoms with Gasteiger partial charge in [-0.1, -0.05) is 12.1 Å². The number of esters is 1. The van der Waals surface area contributed by atoms with Gasteiger partial charge in [-0.15, -0.1) is 11.3 Å². The van der Waals surface area contributed by atoms with Crippen molar-refractivity contribution in [1.29, 1.82) is 0 Å². The number of amides is 1. The Morgan fingerprint density at radius 2 is 2.17 bits per heavy atom. The zero-order valence-electron chi connectivity index (χ0n) is 13.0. The molecule has 1 aliphatic rings. The van der Waals surface area contributed by atoms with Crippen LogP contribution in [0.25, 0.3) is 0 Å². The van der Waals surface area contributed by atoms with Gasteiger partial charge in [0.15, 0.2) is 22.7 Å². The third-order valence-electron chi connectivity index (χ3n) is 3.22. The van der Waals surface area contributed by atoms with Crippen LogP contribution in [0, 0.1) is 0 Å². The van der Waals surface area contributed by atoms with Crippen molar-refractivity contribution in [3.8, 4) is 11.5 Å². The number of fused-ring (bicyclic) bond motifs is 1. The van der Waals surface area contributed by atoms with E-state index < -0.39 is 11.9 Å². The van der Waals surface area contributed by atoms with Crippen molar-refractivity contribution in [2.75, 3.05) is 18.5 Å². The molecule has 0 aliphatic carbocycles. The minimum absolute atomic E-state index is 0.244. The lowest BCUT2D eigenvalue weighted by Gasteiger charge is -2.25. The molecule has 1 atom stereocenters. The van der Waals surface area contributed by atoms with Crippen LogP contribution < -0.4 is 14.8 Å². The van der Waals surface area contributed by atoms with Crippen LogP contribution >= 0.6 is 11.3 Å². The number of ether oxygens (including phenoxy) is 3. The van der Waals surface area contributed by atoms with E-state index in [1.165, 1.54) is 11.3 Å². The highest BCUT2D eigenvalue weighted by atomic mass is 32.1. The lowest BCUT2D eigenvalue weighted by Crippen LogP contribution is -2.22. The van der Waals surface area contributed by atoms with E-state index in [4.69, 9.17) is 14.2 Å². The molecule has 0 spiro atoms. The van der Waals surface area contributed by atoms with Crippen molar-refractivity contribution in [2.45, 2.75) is 19.4 Å². The first-order valence-corrected chi connectivity index (χ1v) is 8.33. The quantitative estimate of drug-likeness (QED) is 0.660. The molecule has 1 aromatic heterocycles. The summed E-state index contributed by atoms with van der Waals surface area (Å²) in [5, 5.41) is 4.78. The first-order valence-electron chi connectivity index (χ1n) is 7.45. The third-order valence-corrected chi connectivity index (χ3v) is 3.99. The van der Waals surface area contributed by atoms with Gasteiger partial charge in [-0.25, -0.2) is 4.98 Å². The fourth-order valence-electron chi connectivity index (χ4n) is 2.16.